The predicted octanol–water partition coefficient (Wildman–Crippen LogP) is 2.46. The Morgan fingerprint density at radius 1 is 1.33 bits per heavy atom. The maximum atomic E-state index is 12.2. The van der Waals surface area contributed by atoms with Gasteiger partial charge in [0.05, 0.1) is 12.1 Å². The first kappa shape index (κ1) is 16.0. The highest BCUT2D eigenvalue weighted by Gasteiger charge is 2.35. The van der Waals surface area contributed by atoms with Crippen molar-refractivity contribution in [2.24, 2.45) is 5.92 Å². The molecule has 2 N–H and O–H groups in total. The van der Waals surface area contributed by atoms with E-state index in [0.717, 1.165) is 18.4 Å². The van der Waals surface area contributed by atoms with E-state index in [4.69, 9.17) is 0 Å². The van der Waals surface area contributed by atoms with Crippen LogP contribution in [0.2, 0.25) is 0 Å². The van der Waals surface area contributed by atoms with Crippen LogP contribution >= 0.6 is 0 Å². The molecule has 0 aromatic carbocycles. The van der Waals surface area contributed by atoms with Gasteiger partial charge in [0.25, 0.3) is 0 Å². The number of hydrogen-bond donors (Lipinski definition) is 2. The highest BCUT2D eigenvalue weighted by Crippen LogP contribution is 2.32. The van der Waals surface area contributed by atoms with Gasteiger partial charge in [0.15, 0.2) is 0 Å². The summed E-state index contributed by atoms with van der Waals surface area (Å²) in [5.41, 5.74) is 0.638. The van der Waals surface area contributed by atoms with E-state index in [9.17, 15) is 9.90 Å². The number of aliphatic hydroxyl groups excluding tert-OH is 1. The van der Waals surface area contributed by atoms with E-state index in [-0.39, 0.29) is 12.5 Å². The third-order valence-electron chi connectivity index (χ3n) is 4.65. The number of pyridine rings is 1. The molecule has 0 unspecified atom stereocenters. The number of carbonyl (C=O) groups is 1. The molecule has 1 amide bonds. The average Bonchev–Trinajstić information content (AvgIpc) is 2.54. The maximum absolute atomic E-state index is 12.2. The molecule has 21 heavy (non-hydrogen) atoms. The lowest BCUT2D eigenvalue weighted by atomic mass is 9.76. The van der Waals surface area contributed by atoms with E-state index in [0.29, 0.717) is 18.8 Å². The summed E-state index contributed by atoms with van der Waals surface area (Å²) in [4.78, 5) is 16.2. The number of carbonyl (C=O) groups excluding carboxylic acids is 1. The van der Waals surface area contributed by atoms with Gasteiger partial charge in [-0.15, -0.1) is 0 Å². The fraction of sp³-hybridized carbons (Fsp3) is 0.647. The molecule has 0 radical (unpaired) electrons. The van der Waals surface area contributed by atoms with E-state index in [1.54, 1.807) is 12.4 Å². The van der Waals surface area contributed by atoms with Gasteiger partial charge >= 0.3 is 0 Å². The van der Waals surface area contributed by atoms with Gasteiger partial charge in [-0.25, -0.2) is 0 Å². The molecule has 2 rings (SSSR count). The highest BCUT2D eigenvalue weighted by atomic mass is 16.3. The molecular formula is C17H26N2O2. The summed E-state index contributed by atoms with van der Waals surface area (Å²) in [6.45, 7) is 1.99. The van der Waals surface area contributed by atoms with Crippen molar-refractivity contribution < 1.29 is 9.90 Å². The van der Waals surface area contributed by atoms with Crippen LogP contribution in [-0.4, -0.2) is 28.1 Å². The van der Waals surface area contributed by atoms with E-state index in [2.05, 4.69) is 10.3 Å². The standard InChI is InChI=1S/C17H26N2O2/c1-17(13-20,15-5-3-2-4-6-15)19-16(21)8-7-14-9-11-18-12-10-14/h9-12,15,20H,2-8,13H2,1H3,(H,19,21)/t17-/m1/s1. The second-order valence-electron chi connectivity index (χ2n) is 6.31. The molecule has 1 aromatic heterocycles. The fourth-order valence-electron chi connectivity index (χ4n) is 3.20. The molecule has 0 aliphatic heterocycles. The molecule has 4 nitrogen and oxygen atoms in total. The van der Waals surface area contributed by atoms with Gasteiger partial charge < -0.3 is 10.4 Å². The number of aromatic nitrogens is 1. The summed E-state index contributed by atoms with van der Waals surface area (Å²) in [6.07, 6.45) is 10.5. The highest BCUT2D eigenvalue weighted by molar-refractivity contribution is 5.77. The molecule has 1 aliphatic rings. The van der Waals surface area contributed by atoms with E-state index in [1.165, 1.54) is 19.3 Å². The van der Waals surface area contributed by atoms with Crippen LogP contribution in [-0.2, 0) is 11.2 Å². The van der Waals surface area contributed by atoms with E-state index >= 15 is 0 Å². The molecular weight excluding hydrogens is 264 g/mol. The molecule has 1 aromatic rings. The van der Waals surface area contributed by atoms with Crippen LogP contribution in [0, 0.1) is 5.92 Å². The zero-order chi connectivity index (χ0) is 15.1. The predicted molar refractivity (Wildman–Crippen MR) is 82.8 cm³/mol. The zero-order valence-electron chi connectivity index (χ0n) is 12.8. The minimum atomic E-state index is -0.476. The second-order valence-corrected chi connectivity index (χ2v) is 6.31. The SMILES string of the molecule is C[C@](CO)(NC(=O)CCc1ccncc1)C1CCCCC1. The molecule has 1 atom stereocenters. The van der Waals surface area contributed by atoms with Gasteiger partial charge in [0, 0.05) is 18.8 Å². The van der Waals surface area contributed by atoms with Crippen molar-refractivity contribution in [3.63, 3.8) is 0 Å². The van der Waals surface area contributed by atoms with Crippen molar-refractivity contribution in [2.75, 3.05) is 6.61 Å². The quantitative estimate of drug-likeness (QED) is 0.846. The third-order valence-corrected chi connectivity index (χ3v) is 4.65. The Hall–Kier alpha value is -1.42. The number of nitrogens with one attached hydrogen (secondary N) is 1. The van der Waals surface area contributed by atoms with Crippen molar-refractivity contribution >= 4 is 5.91 Å². The molecule has 0 saturated heterocycles. The summed E-state index contributed by atoms with van der Waals surface area (Å²) in [7, 11) is 0. The molecule has 1 aliphatic carbocycles. The minimum Gasteiger partial charge on any atom is -0.394 e. The molecule has 1 heterocycles. The Morgan fingerprint density at radius 3 is 2.62 bits per heavy atom. The van der Waals surface area contributed by atoms with Crippen molar-refractivity contribution in [3.05, 3.63) is 30.1 Å². The van der Waals surface area contributed by atoms with Gasteiger partial charge in [-0.05, 0) is 49.8 Å². The van der Waals surface area contributed by atoms with Crippen LogP contribution < -0.4 is 5.32 Å². The molecule has 1 saturated carbocycles. The number of rotatable bonds is 6. The first-order valence-electron chi connectivity index (χ1n) is 7.95. The largest absolute Gasteiger partial charge is 0.394 e. The van der Waals surface area contributed by atoms with Gasteiger partial charge in [0.1, 0.15) is 0 Å². The molecule has 1 fully saturated rings. The smallest absolute Gasteiger partial charge is 0.220 e. The van der Waals surface area contributed by atoms with E-state index < -0.39 is 5.54 Å². The number of nitrogens with zero attached hydrogens (tertiary/aromatic N) is 1. The Kier molecular flexibility index (Phi) is 5.74. The van der Waals surface area contributed by atoms with Crippen LogP contribution in [0.5, 0.6) is 0 Å². The number of aryl methyl sites for hydroxylation is 1. The number of hydrogen-bond acceptors (Lipinski definition) is 3. The van der Waals surface area contributed by atoms with Crippen molar-refractivity contribution in [1.29, 1.82) is 0 Å². The van der Waals surface area contributed by atoms with Crippen molar-refractivity contribution in [2.45, 2.75) is 57.4 Å². The van der Waals surface area contributed by atoms with Gasteiger partial charge in [-0.3, -0.25) is 9.78 Å². The fourth-order valence-corrected chi connectivity index (χ4v) is 3.20. The van der Waals surface area contributed by atoms with Crippen molar-refractivity contribution in [1.82, 2.24) is 10.3 Å². The molecule has 0 bridgehead atoms. The lowest BCUT2D eigenvalue weighted by Gasteiger charge is -2.39. The second kappa shape index (κ2) is 7.55. The van der Waals surface area contributed by atoms with Crippen molar-refractivity contribution in [3.8, 4) is 0 Å². The van der Waals surface area contributed by atoms with E-state index in [1.807, 2.05) is 19.1 Å². The van der Waals surface area contributed by atoms with Gasteiger partial charge in [-0.1, -0.05) is 19.3 Å². The first-order valence-corrected chi connectivity index (χ1v) is 7.95. The summed E-state index contributed by atoms with van der Waals surface area (Å²) in [5, 5.41) is 12.8. The normalized spacial score (nSPS) is 19.0. The van der Waals surface area contributed by atoms with Gasteiger partial charge in [-0.2, -0.15) is 0 Å². The number of amides is 1. The summed E-state index contributed by atoms with van der Waals surface area (Å²) >= 11 is 0. The zero-order valence-corrected chi connectivity index (χ0v) is 12.8. The van der Waals surface area contributed by atoms with Crippen LogP contribution in [0.25, 0.3) is 0 Å². The maximum Gasteiger partial charge on any atom is 0.220 e. The Labute approximate surface area is 127 Å². The lowest BCUT2D eigenvalue weighted by molar-refractivity contribution is -0.124. The van der Waals surface area contributed by atoms with Crippen LogP contribution in [0.4, 0.5) is 0 Å². The number of aliphatic hydroxyl groups is 1. The van der Waals surface area contributed by atoms with Crippen LogP contribution in [0.15, 0.2) is 24.5 Å². The van der Waals surface area contributed by atoms with Crippen LogP contribution in [0.1, 0.15) is 51.0 Å². The van der Waals surface area contributed by atoms with Gasteiger partial charge in [0.2, 0.25) is 5.91 Å². The Balaban J connectivity index is 1.86. The third kappa shape index (κ3) is 4.53. The molecule has 4 heteroatoms. The Bertz CT molecular complexity index is 443. The first-order chi connectivity index (χ1) is 10.1. The minimum absolute atomic E-state index is 0.0126. The Morgan fingerprint density at radius 2 is 2.00 bits per heavy atom. The van der Waals surface area contributed by atoms with Crippen LogP contribution in [0.3, 0.4) is 0 Å². The summed E-state index contributed by atoms with van der Waals surface area (Å²) in [6, 6.07) is 3.86. The summed E-state index contributed by atoms with van der Waals surface area (Å²) < 4.78 is 0. The summed E-state index contributed by atoms with van der Waals surface area (Å²) in [5.74, 6) is 0.412. The lowest BCUT2D eigenvalue weighted by Crippen LogP contribution is -2.54. The monoisotopic (exact) mass is 290 g/mol. The molecule has 0 spiro atoms. The topological polar surface area (TPSA) is 62.2 Å². The average molecular weight is 290 g/mol. The molecule has 116 valence electrons.